The van der Waals surface area contributed by atoms with Crippen LogP contribution in [0.2, 0.25) is 0 Å². The smallest absolute Gasteiger partial charge is 0.252 e. The van der Waals surface area contributed by atoms with Gasteiger partial charge in [-0.15, -0.1) is 0 Å². The maximum absolute atomic E-state index is 6.50. The second-order valence-electron chi connectivity index (χ2n) is 20.7. The number of anilines is 8. The molecule has 65 heavy (non-hydrogen) atoms. The van der Waals surface area contributed by atoms with Crippen molar-refractivity contribution in [3.8, 4) is 11.1 Å². The predicted molar refractivity (Wildman–Crippen MR) is 275 cm³/mol. The summed E-state index contributed by atoms with van der Waals surface area (Å²) in [5.41, 5.74) is 21.6. The number of aryl methyl sites for hydroxylation is 1. The van der Waals surface area contributed by atoms with E-state index in [1.165, 1.54) is 104 Å². The van der Waals surface area contributed by atoms with Crippen LogP contribution in [0.1, 0.15) is 89.2 Å². The summed E-state index contributed by atoms with van der Waals surface area (Å²) < 4.78 is 6.50. The summed E-state index contributed by atoms with van der Waals surface area (Å²) in [6.45, 7) is 12.4. The van der Waals surface area contributed by atoms with Crippen molar-refractivity contribution in [2.75, 3.05) is 14.7 Å². The van der Waals surface area contributed by atoms with Crippen molar-refractivity contribution in [1.29, 1.82) is 0 Å². The standard InChI is InChI=1S/C60H54BN3O/c1-58(2,3)39-36-51-56-52(37-39)64-57-46(59(4)34-16-17-35-60(59,64)5)27-19-28-48(57)61(56)47-33-32-42(38-50(47)63(51)41-22-10-7-11-23-41)62(40-20-8-6-9-21-40)49-29-14-12-24-43(49)44-26-18-31-54-55(44)45-25-13-15-30-53(45)65-54/h6-12,14-15,18-24,26-33,36-38H,13,16-17,25,34-35H2,1-5H3. The van der Waals surface area contributed by atoms with Crippen LogP contribution in [0.5, 0.6) is 0 Å². The molecule has 0 saturated heterocycles. The van der Waals surface area contributed by atoms with Gasteiger partial charge in [0, 0.05) is 61.7 Å². The molecule has 7 aromatic carbocycles. The van der Waals surface area contributed by atoms with Crippen LogP contribution >= 0.6 is 0 Å². The first-order valence-electron chi connectivity index (χ1n) is 23.9. The first kappa shape index (κ1) is 38.7. The quantitative estimate of drug-likeness (QED) is 0.161. The molecule has 1 saturated carbocycles. The van der Waals surface area contributed by atoms with E-state index in [9.17, 15) is 0 Å². The Morgan fingerprint density at radius 1 is 0.662 bits per heavy atom. The van der Waals surface area contributed by atoms with Gasteiger partial charge in [-0.1, -0.05) is 138 Å². The number of furan rings is 1. The Kier molecular flexibility index (Phi) is 8.28. The lowest BCUT2D eigenvalue weighted by Gasteiger charge is -2.53. The summed E-state index contributed by atoms with van der Waals surface area (Å²) in [7, 11) is 0. The van der Waals surface area contributed by atoms with Crippen LogP contribution in [-0.4, -0.2) is 12.3 Å². The molecule has 0 spiro atoms. The highest BCUT2D eigenvalue weighted by Crippen LogP contribution is 2.62. The summed E-state index contributed by atoms with van der Waals surface area (Å²) in [6.07, 6.45) is 11.3. The molecule has 4 nitrogen and oxygen atoms in total. The van der Waals surface area contributed by atoms with Gasteiger partial charge in [0.05, 0.1) is 11.2 Å². The number of benzene rings is 7. The Balaban J connectivity index is 1.08. The second-order valence-corrected chi connectivity index (χ2v) is 20.7. The Hall–Kier alpha value is -6.72. The molecular formula is C60H54BN3O. The highest BCUT2D eigenvalue weighted by molar-refractivity contribution is 7.00. The lowest BCUT2D eigenvalue weighted by atomic mass is 9.33. The van der Waals surface area contributed by atoms with Crippen LogP contribution in [0.25, 0.3) is 28.2 Å². The summed E-state index contributed by atoms with van der Waals surface area (Å²) in [5.74, 6) is 0.988. The molecule has 8 aromatic rings. The molecule has 0 bridgehead atoms. The first-order valence-corrected chi connectivity index (χ1v) is 23.9. The molecule has 0 N–H and O–H groups in total. The zero-order valence-corrected chi connectivity index (χ0v) is 38.2. The average Bonchev–Trinajstić information content (AvgIpc) is 3.81. The summed E-state index contributed by atoms with van der Waals surface area (Å²) in [6, 6.07) is 57.3. The third kappa shape index (κ3) is 5.39. The zero-order valence-electron chi connectivity index (χ0n) is 38.2. The van der Waals surface area contributed by atoms with Crippen molar-refractivity contribution in [1.82, 2.24) is 0 Å². The van der Waals surface area contributed by atoms with Gasteiger partial charge < -0.3 is 19.1 Å². The topological polar surface area (TPSA) is 22.9 Å². The Morgan fingerprint density at radius 3 is 2.23 bits per heavy atom. The van der Waals surface area contributed by atoms with Gasteiger partial charge in [0.15, 0.2) is 0 Å². The molecule has 5 aliphatic rings. The van der Waals surface area contributed by atoms with Crippen molar-refractivity contribution in [3.05, 3.63) is 180 Å². The monoisotopic (exact) mass is 843 g/mol. The van der Waals surface area contributed by atoms with E-state index < -0.39 is 0 Å². The van der Waals surface area contributed by atoms with Crippen LogP contribution in [0, 0.1) is 0 Å². The maximum Gasteiger partial charge on any atom is 0.252 e. The van der Waals surface area contributed by atoms with Crippen LogP contribution in [0.15, 0.2) is 162 Å². The van der Waals surface area contributed by atoms with Gasteiger partial charge in [0.25, 0.3) is 6.71 Å². The van der Waals surface area contributed by atoms with Gasteiger partial charge in [-0.3, -0.25) is 0 Å². The van der Waals surface area contributed by atoms with Gasteiger partial charge in [0.1, 0.15) is 11.3 Å². The van der Waals surface area contributed by atoms with E-state index in [1.807, 2.05) is 0 Å². The van der Waals surface area contributed by atoms with Crippen molar-refractivity contribution in [3.63, 3.8) is 0 Å². The van der Waals surface area contributed by atoms with E-state index in [0.717, 1.165) is 41.2 Å². The SMILES string of the molecule is CC(C)(C)c1cc2c3c(c1)N1c4c(cccc4C4(C)CCCCC14C)B3c1ccc(N(c3ccccc3)c3ccccc3-c3cccc4oc5c(c34)CCC=C5)cc1N2c1ccccc1. The summed E-state index contributed by atoms with van der Waals surface area (Å²) in [5, 5.41) is 1.22. The highest BCUT2D eigenvalue weighted by atomic mass is 16.3. The van der Waals surface area contributed by atoms with E-state index in [1.54, 1.807) is 0 Å². The molecule has 2 aliphatic carbocycles. The van der Waals surface area contributed by atoms with Gasteiger partial charge in [0.2, 0.25) is 0 Å². The number of rotatable bonds is 5. The number of nitrogens with zero attached hydrogens (tertiary/aromatic N) is 3. The van der Waals surface area contributed by atoms with Crippen LogP contribution in [0.3, 0.4) is 0 Å². The minimum atomic E-state index is -0.0665. The van der Waals surface area contributed by atoms with Crippen LogP contribution in [-0.2, 0) is 17.3 Å². The van der Waals surface area contributed by atoms with Crippen molar-refractivity contribution in [2.24, 2.45) is 0 Å². The molecule has 2 unspecified atom stereocenters. The van der Waals surface area contributed by atoms with E-state index in [0.29, 0.717) is 0 Å². The van der Waals surface area contributed by atoms with Crippen molar-refractivity contribution in [2.45, 2.75) is 89.5 Å². The molecule has 3 aliphatic heterocycles. The number of hydrogen-bond donors (Lipinski definition) is 0. The molecule has 0 radical (unpaired) electrons. The highest BCUT2D eigenvalue weighted by Gasteiger charge is 2.61. The van der Waals surface area contributed by atoms with Gasteiger partial charge in [-0.2, -0.15) is 0 Å². The molecule has 5 heteroatoms. The van der Waals surface area contributed by atoms with Gasteiger partial charge in [-0.05, 0) is 138 Å². The minimum absolute atomic E-state index is 0.0268. The number of hydrogen-bond acceptors (Lipinski definition) is 4. The van der Waals surface area contributed by atoms with E-state index in [-0.39, 0.29) is 23.1 Å². The van der Waals surface area contributed by atoms with E-state index >= 15 is 0 Å². The van der Waals surface area contributed by atoms with Gasteiger partial charge in [-0.25, -0.2) is 0 Å². The fourth-order valence-corrected chi connectivity index (χ4v) is 12.8. The molecule has 2 atom stereocenters. The molecule has 318 valence electrons. The van der Waals surface area contributed by atoms with E-state index in [2.05, 4.69) is 213 Å². The fraction of sp³-hybridized carbons (Fsp3) is 0.233. The molecule has 0 amide bonds. The average molecular weight is 844 g/mol. The Morgan fingerprint density at radius 2 is 1.40 bits per heavy atom. The molecule has 13 rings (SSSR count). The minimum Gasteiger partial charge on any atom is -0.456 e. The first-order chi connectivity index (χ1) is 31.6. The third-order valence-corrected chi connectivity index (χ3v) is 16.2. The molecule has 1 aromatic heterocycles. The fourth-order valence-electron chi connectivity index (χ4n) is 12.8. The second kappa shape index (κ2) is 13.9. The molecular weight excluding hydrogens is 789 g/mol. The van der Waals surface area contributed by atoms with Crippen LogP contribution < -0.4 is 31.1 Å². The summed E-state index contributed by atoms with van der Waals surface area (Å²) in [4.78, 5) is 7.93. The predicted octanol–water partition coefficient (Wildman–Crippen LogP) is 14.2. The number of allylic oxidation sites excluding steroid dienone is 1. The lowest BCUT2D eigenvalue weighted by molar-refractivity contribution is 0.195. The number of para-hydroxylation sites is 4. The maximum atomic E-state index is 6.50. The Bertz CT molecular complexity index is 3270. The lowest BCUT2D eigenvalue weighted by Crippen LogP contribution is -2.64. The summed E-state index contributed by atoms with van der Waals surface area (Å²) >= 11 is 0. The van der Waals surface area contributed by atoms with E-state index in [4.69, 9.17) is 4.42 Å². The third-order valence-electron chi connectivity index (χ3n) is 16.2. The number of fused-ring (bicyclic) bond motifs is 10. The Labute approximate surface area is 383 Å². The molecule has 1 fully saturated rings. The van der Waals surface area contributed by atoms with Crippen LogP contribution in [0.4, 0.5) is 45.5 Å². The zero-order chi connectivity index (χ0) is 43.8. The van der Waals surface area contributed by atoms with Crippen molar-refractivity contribution < 1.29 is 4.42 Å². The largest absolute Gasteiger partial charge is 0.456 e. The van der Waals surface area contributed by atoms with Crippen molar-refractivity contribution >= 4 is 85.6 Å². The normalized spacial score (nSPS) is 20.0. The van der Waals surface area contributed by atoms with Gasteiger partial charge >= 0.3 is 0 Å². The molecule has 4 heterocycles.